The molecule has 0 spiro atoms. The number of hydrogen-bond acceptors (Lipinski definition) is 4. The highest BCUT2D eigenvalue weighted by Crippen LogP contribution is 2.28. The Morgan fingerprint density at radius 1 is 1.15 bits per heavy atom. The van der Waals surface area contributed by atoms with Gasteiger partial charge in [-0.2, -0.15) is 5.10 Å². The number of nitrogens with zero attached hydrogens (tertiary/aromatic N) is 4. The third-order valence-electron chi connectivity index (χ3n) is 4.08. The highest BCUT2D eigenvalue weighted by molar-refractivity contribution is 8.00. The van der Waals surface area contributed by atoms with Crippen LogP contribution in [0.4, 0.5) is 5.82 Å². The number of benzene rings is 1. The van der Waals surface area contributed by atoms with Gasteiger partial charge in [-0.1, -0.05) is 42.1 Å². The third-order valence-corrected chi connectivity index (χ3v) is 5.23. The average Bonchev–Trinajstić information content (AvgIpc) is 3.23. The molecule has 136 valence electrons. The molecule has 0 saturated heterocycles. The highest BCUT2D eigenvalue weighted by Gasteiger charge is 2.20. The van der Waals surface area contributed by atoms with E-state index in [9.17, 15) is 4.79 Å². The molecule has 0 aliphatic carbocycles. The van der Waals surface area contributed by atoms with Crippen LogP contribution in [-0.4, -0.2) is 30.5 Å². The lowest BCUT2D eigenvalue weighted by atomic mass is 10.2. The van der Waals surface area contributed by atoms with Crippen LogP contribution in [0.25, 0.3) is 11.3 Å². The minimum absolute atomic E-state index is 0.0679. The molecule has 3 rings (SSSR count). The van der Waals surface area contributed by atoms with Crippen molar-refractivity contribution in [2.24, 2.45) is 7.05 Å². The maximum Gasteiger partial charge on any atom is 0.238 e. The van der Waals surface area contributed by atoms with Gasteiger partial charge in [-0.15, -0.1) is 0 Å². The number of hydrogen-bond donors (Lipinski definition) is 1. The van der Waals surface area contributed by atoms with Crippen molar-refractivity contribution in [3.8, 4) is 11.3 Å². The summed E-state index contributed by atoms with van der Waals surface area (Å²) < 4.78 is 3.81. The largest absolute Gasteiger partial charge is 0.322 e. The molecule has 1 amide bonds. The van der Waals surface area contributed by atoms with Gasteiger partial charge in [0.15, 0.2) is 5.16 Å². The Balaban J connectivity index is 1.70. The zero-order valence-corrected chi connectivity index (χ0v) is 16.2. The molecule has 7 heteroatoms. The van der Waals surface area contributed by atoms with Crippen LogP contribution in [0.3, 0.4) is 0 Å². The normalized spacial score (nSPS) is 12.3. The van der Waals surface area contributed by atoms with Crippen LogP contribution in [0.2, 0.25) is 0 Å². The van der Waals surface area contributed by atoms with Crippen LogP contribution in [-0.2, 0) is 11.8 Å². The first-order valence-corrected chi connectivity index (χ1v) is 9.43. The molecular weight excluding hydrogens is 346 g/mol. The molecule has 0 fully saturated rings. The molecular formula is C19H23N5OS. The first-order chi connectivity index (χ1) is 12.5. The number of carbonyl (C=O) groups excluding carboxylic acids is 1. The second-order valence-corrected chi connectivity index (χ2v) is 7.66. The molecule has 0 aliphatic heterocycles. The second kappa shape index (κ2) is 7.78. The molecule has 2 heterocycles. The minimum atomic E-state index is -0.282. The lowest BCUT2D eigenvalue weighted by Crippen LogP contribution is -2.25. The topological polar surface area (TPSA) is 64.7 Å². The van der Waals surface area contributed by atoms with Crippen molar-refractivity contribution in [1.82, 2.24) is 19.3 Å². The minimum Gasteiger partial charge on any atom is -0.322 e. The molecule has 1 aromatic carbocycles. The van der Waals surface area contributed by atoms with Crippen LogP contribution < -0.4 is 5.32 Å². The van der Waals surface area contributed by atoms with Crippen molar-refractivity contribution in [3.63, 3.8) is 0 Å². The molecule has 6 nitrogen and oxygen atoms in total. The van der Waals surface area contributed by atoms with Gasteiger partial charge in [0.25, 0.3) is 0 Å². The molecule has 3 aromatic rings. The van der Waals surface area contributed by atoms with Gasteiger partial charge in [-0.25, -0.2) is 9.67 Å². The van der Waals surface area contributed by atoms with E-state index in [0.717, 1.165) is 16.4 Å². The van der Waals surface area contributed by atoms with Gasteiger partial charge in [0.1, 0.15) is 5.82 Å². The van der Waals surface area contributed by atoms with Gasteiger partial charge in [0.2, 0.25) is 5.91 Å². The number of nitrogens with one attached hydrogen (secondary N) is 1. The number of aromatic nitrogens is 4. The van der Waals surface area contributed by atoms with Crippen molar-refractivity contribution < 1.29 is 4.79 Å². The van der Waals surface area contributed by atoms with E-state index in [1.165, 1.54) is 11.8 Å². The Kier molecular flexibility index (Phi) is 5.46. The van der Waals surface area contributed by atoms with E-state index in [4.69, 9.17) is 0 Å². The van der Waals surface area contributed by atoms with Crippen molar-refractivity contribution in [2.75, 3.05) is 5.32 Å². The molecule has 0 aliphatic rings. The first kappa shape index (κ1) is 18.3. The van der Waals surface area contributed by atoms with E-state index in [0.29, 0.717) is 5.82 Å². The zero-order valence-electron chi connectivity index (χ0n) is 15.4. The summed E-state index contributed by atoms with van der Waals surface area (Å²) in [6, 6.07) is 12.1. The fourth-order valence-electron chi connectivity index (χ4n) is 2.64. The summed E-state index contributed by atoms with van der Waals surface area (Å²) in [5.74, 6) is 0.643. The summed E-state index contributed by atoms with van der Waals surface area (Å²) in [5, 5.41) is 7.72. The summed E-state index contributed by atoms with van der Waals surface area (Å²) in [6.45, 7) is 5.94. The Morgan fingerprint density at radius 3 is 2.58 bits per heavy atom. The predicted octanol–water partition coefficient (Wildman–Crippen LogP) is 3.98. The van der Waals surface area contributed by atoms with E-state index in [1.54, 1.807) is 10.9 Å². The van der Waals surface area contributed by atoms with Crippen LogP contribution >= 0.6 is 11.8 Å². The lowest BCUT2D eigenvalue weighted by Gasteiger charge is -2.15. The van der Waals surface area contributed by atoms with Gasteiger partial charge in [-0.05, 0) is 26.3 Å². The number of anilines is 1. The van der Waals surface area contributed by atoms with E-state index < -0.39 is 0 Å². The van der Waals surface area contributed by atoms with E-state index in [2.05, 4.69) is 27.5 Å². The predicted molar refractivity (Wildman–Crippen MR) is 105 cm³/mol. The number of carbonyl (C=O) groups is 1. The van der Waals surface area contributed by atoms with E-state index >= 15 is 0 Å². The molecule has 26 heavy (non-hydrogen) atoms. The first-order valence-electron chi connectivity index (χ1n) is 8.55. The van der Waals surface area contributed by atoms with Crippen LogP contribution in [0.15, 0.2) is 53.9 Å². The number of thioether (sulfide) groups is 1. The Hall–Kier alpha value is -2.54. The van der Waals surface area contributed by atoms with Crippen LogP contribution in [0.5, 0.6) is 0 Å². The number of amides is 1. The van der Waals surface area contributed by atoms with Crippen LogP contribution in [0, 0.1) is 0 Å². The second-order valence-electron chi connectivity index (χ2n) is 6.36. The third kappa shape index (κ3) is 3.83. The fourth-order valence-corrected chi connectivity index (χ4v) is 3.50. The molecule has 1 atom stereocenters. The monoisotopic (exact) mass is 369 g/mol. The van der Waals surface area contributed by atoms with Gasteiger partial charge in [-0.3, -0.25) is 4.79 Å². The molecule has 1 N–H and O–H groups in total. The van der Waals surface area contributed by atoms with Crippen molar-refractivity contribution in [2.45, 2.75) is 37.2 Å². The molecule has 0 saturated carbocycles. The SMILES string of the molecule is CC(C)n1nccc1NC(=O)[C@@H](C)Sc1ncc(-c2ccccc2)n1C. The van der Waals surface area contributed by atoms with Gasteiger partial charge < -0.3 is 9.88 Å². The van der Waals surface area contributed by atoms with Crippen molar-refractivity contribution >= 4 is 23.5 Å². The summed E-state index contributed by atoms with van der Waals surface area (Å²) in [4.78, 5) is 17.1. The Morgan fingerprint density at radius 2 is 1.88 bits per heavy atom. The molecule has 0 unspecified atom stereocenters. The van der Waals surface area contributed by atoms with Crippen molar-refractivity contribution in [1.29, 1.82) is 0 Å². The van der Waals surface area contributed by atoms with Crippen LogP contribution in [0.1, 0.15) is 26.8 Å². The average molecular weight is 369 g/mol. The van der Waals surface area contributed by atoms with Gasteiger partial charge in [0, 0.05) is 19.2 Å². The standard InChI is InChI=1S/C19H23N5OS/c1-13(2)24-17(10-11-21-24)22-18(25)14(3)26-19-20-12-16(23(19)4)15-8-6-5-7-9-15/h5-14H,1-4H3,(H,22,25)/t14-/m1/s1. The highest BCUT2D eigenvalue weighted by atomic mass is 32.2. The van der Waals surface area contributed by atoms with Crippen molar-refractivity contribution in [3.05, 3.63) is 48.8 Å². The summed E-state index contributed by atoms with van der Waals surface area (Å²) >= 11 is 1.44. The number of rotatable bonds is 6. The van der Waals surface area contributed by atoms with E-state index in [-0.39, 0.29) is 17.2 Å². The van der Waals surface area contributed by atoms with Gasteiger partial charge >= 0.3 is 0 Å². The summed E-state index contributed by atoms with van der Waals surface area (Å²) in [6.07, 6.45) is 3.54. The Bertz CT molecular complexity index is 884. The maximum absolute atomic E-state index is 12.6. The number of imidazole rings is 1. The lowest BCUT2D eigenvalue weighted by molar-refractivity contribution is -0.115. The van der Waals surface area contributed by atoms with Gasteiger partial charge in [0.05, 0.1) is 23.3 Å². The quantitative estimate of drug-likeness (QED) is 0.668. The summed E-state index contributed by atoms with van der Waals surface area (Å²) in [7, 11) is 1.97. The molecule has 0 bridgehead atoms. The maximum atomic E-state index is 12.6. The zero-order chi connectivity index (χ0) is 18.7. The molecule has 2 aromatic heterocycles. The fraction of sp³-hybridized carbons (Fsp3) is 0.316. The van der Waals surface area contributed by atoms with E-state index in [1.807, 2.05) is 62.8 Å². The smallest absolute Gasteiger partial charge is 0.238 e. The summed E-state index contributed by atoms with van der Waals surface area (Å²) in [5.41, 5.74) is 2.13. The molecule has 0 radical (unpaired) electrons. The Labute approximate surface area is 157 Å².